The highest BCUT2D eigenvalue weighted by molar-refractivity contribution is 7.13. The molecule has 1 aliphatic rings. The van der Waals surface area contributed by atoms with Crippen molar-refractivity contribution < 1.29 is 0 Å². The summed E-state index contributed by atoms with van der Waals surface area (Å²) in [5, 5.41) is 5.85. The fourth-order valence-corrected chi connectivity index (χ4v) is 4.20. The summed E-state index contributed by atoms with van der Waals surface area (Å²) in [6.45, 7) is 3.26. The zero-order chi connectivity index (χ0) is 14.5. The molecule has 0 aromatic carbocycles. The minimum Gasteiger partial charge on any atom is -0.326 e. The second-order valence-electron chi connectivity index (χ2n) is 5.86. The lowest BCUT2D eigenvalue weighted by atomic mass is 9.92. The van der Waals surface area contributed by atoms with Gasteiger partial charge in [-0.05, 0) is 30.8 Å². The van der Waals surface area contributed by atoms with Gasteiger partial charge in [-0.1, -0.05) is 38.7 Å². The second kappa shape index (κ2) is 7.23. The van der Waals surface area contributed by atoms with E-state index in [0.29, 0.717) is 12.1 Å². The summed E-state index contributed by atoms with van der Waals surface area (Å²) < 4.78 is 2.42. The van der Waals surface area contributed by atoms with Gasteiger partial charge in [0.1, 0.15) is 5.82 Å². The third kappa shape index (κ3) is 3.38. The zero-order valence-corrected chi connectivity index (χ0v) is 13.6. The quantitative estimate of drug-likeness (QED) is 0.902. The molecule has 1 fully saturated rings. The third-order valence-corrected chi connectivity index (χ3v) is 5.33. The van der Waals surface area contributed by atoms with Gasteiger partial charge in [-0.25, -0.2) is 4.98 Å². The molecular formula is C17H25N3S. The smallest absolute Gasteiger partial charge is 0.150 e. The molecule has 4 heteroatoms. The number of rotatable bonds is 4. The minimum absolute atomic E-state index is 0.532. The van der Waals surface area contributed by atoms with Gasteiger partial charge in [0, 0.05) is 18.4 Å². The Kier molecular flexibility index (Phi) is 5.09. The Morgan fingerprint density at radius 1 is 1.29 bits per heavy atom. The van der Waals surface area contributed by atoms with Crippen LogP contribution in [0.3, 0.4) is 0 Å². The van der Waals surface area contributed by atoms with Crippen LogP contribution >= 0.6 is 11.3 Å². The SMILES string of the molecule is CCNC1CCCCCCC1n1ccnc1-c1cccs1. The lowest BCUT2D eigenvalue weighted by molar-refractivity contribution is 0.288. The number of nitrogens with zero attached hydrogens (tertiary/aromatic N) is 2. The molecule has 114 valence electrons. The molecule has 0 aliphatic heterocycles. The number of hydrogen-bond acceptors (Lipinski definition) is 3. The van der Waals surface area contributed by atoms with Gasteiger partial charge in [-0.3, -0.25) is 0 Å². The van der Waals surface area contributed by atoms with Crippen LogP contribution in [0.25, 0.3) is 10.7 Å². The van der Waals surface area contributed by atoms with Gasteiger partial charge in [0.25, 0.3) is 0 Å². The van der Waals surface area contributed by atoms with Crippen molar-refractivity contribution in [3.05, 3.63) is 29.9 Å². The number of likely N-dealkylation sites (N-methyl/N-ethyl adjacent to an activating group) is 1. The Bertz CT molecular complexity index is 532. The van der Waals surface area contributed by atoms with Crippen LogP contribution in [0.5, 0.6) is 0 Å². The molecule has 0 amide bonds. The fraction of sp³-hybridized carbons (Fsp3) is 0.588. The van der Waals surface area contributed by atoms with Crippen molar-refractivity contribution in [2.75, 3.05) is 6.54 Å². The highest BCUT2D eigenvalue weighted by Crippen LogP contribution is 2.32. The summed E-state index contributed by atoms with van der Waals surface area (Å²) in [7, 11) is 0. The standard InChI is InChI=1S/C17H25N3S/c1-2-18-14-8-5-3-4-6-9-15(14)20-12-11-19-17(20)16-10-7-13-21-16/h7,10-15,18H,2-6,8-9H2,1H3. The number of thiophene rings is 1. The van der Waals surface area contributed by atoms with Gasteiger partial charge < -0.3 is 9.88 Å². The number of hydrogen-bond donors (Lipinski definition) is 1. The van der Waals surface area contributed by atoms with Crippen LogP contribution in [0.1, 0.15) is 51.5 Å². The molecule has 2 aromatic heterocycles. The topological polar surface area (TPSA) is 29.9 Å². The van der Waals surface area contributed by atoms with E-state index in [-0.39, 0.29) is 0 Å². The van der Waals surface area contributed by atoms with Crippen LogP contribution in [0.15, 0.2) is 29.9 Å². The average molecular weight is 303 g/mol. The molecule has 0 radical (unpaired) electrons. The van der Waals surface area contributed by atoms with Gasteiger partial charge in [-0.15, -0.1) is 11.3 Å². The van der Waals surface area contributed by atoms with E-state index in [4.69, 9.17) is 0 Å². The summed E-state index contributed by atoms with van der Waals surface area (Å²) in [6, 6.07) is 5.39. The molecule has 0 bridgehead atoms. The molecule has 0 saturated heterocycles. The first-order chi connectivity index (χ1) is 10.4. The van der Waals surface area contributed by atoms with Crippen molar-refractivity contribution in [1.29, 1.82) is 0 Å². The van der Waals surface area contributed by atoms with Crippen molar-refractivity contribution in [2.24, 2.45) is 0 Å². The predicted molar refractivity (Wildman–Crippen MR) is 89.7 cm³/mol. The normalized spacial score (nSPS) is 23.7. The Morgan fingerprint density at radius 3 is 2.90 bits per heavy atom. The van der Waals surface area contributed by atoms with E-state index in [0.717, 1.165) is 12.4 Å². The summed E-state index contributed by atoms with van der Waals surface area (Å²) in [5.74, 6) is 1.14. The van der Waals surface area contributed by atoms with E-state index in [1.807, 2.05) is 6.20 Å². The lowest BCUT2D eigenvalue weighted by Crippen LogP contribution is -2.38. The molecule has 2 atom stereocenters. The largest absolute Gasteiger partial charge is 0.326 e. The first kappa shape index (κ1) is 14.8. The monoisotopic (exact) mass is 303 g/mol. The van der Waals surface area contributed by atoms with E-state index in [9.17, 15) is 0 Å². The van der Waals surface area contributed by atoms with Crippen LogP contribution in [0.4, 0.5) is 0 Å². The maximum absolute atomic E-state index is 4.63. The predicted octanol–water partition coefficient (Wildman–Crippen LogP) is 4.49. The molecule has 2 heterocycles. The molecule has 2 unspecified atom stereocenters. The van der Waals surface area contributed by atoms with E-state index in [1.165, 1.54) is 43.4 Å². The molecule has 3 nitrogen and oxygen atoms in total. The molecule has 1 aliphatic carbocycles. The molecular weight excluding hydrogens is 278 g/mol. The van der Waals surface area contributed by atoms with Crippen LogP contribution in [0, 0.1) is 0 Å². The summed E-state index contributed by atoms with van der Waals surface area (Å²) in [5.41, 5.74) is 0. The van der Waals surface area contributed by atoms with Crippen molar-refractivity contribution in [1.82, 2.24) is 14.9 Å². The first-order valence-corrected chi connectivity index (χ1v) is 9.08. The average Bonchev–Trinajstić information content (AvgIpc) is 3.12. The molecule has 21 heavy (non-hydrogen) atoms. The third-order valence-electron chi connectivity index (χ3n) is 4.46. The highest BCUT2D eigenvalue weighted by Gasteiger charge is 2.25. The Labute approximate surface area is 131 Å². The van der Waals surface area contributed by atoms with Crippen LogP contribution < -0.4 is 5.32 Å². The van der Waals surface area contributed by atoms with Crippen molar-refractivity contribution in [3.63, 3.8) is 0 Å². The molecule has 2 aromatic rings. The number of aromatic nitrogens is 2. The highest BCUT2D eigenvalue weighted by atomic mass is 32.1. The minimum atomic E-state index is 0.532. The number of imidazole rings is 1. The summed E-state index contributed by atoms with van der Waals surface area (Å²) in [4.78, 5) is 5.90. The van der Waals surface area contributed by atoms with Crippen LogP contribution in [-0.2, 0) is 0 Å². The van der Waals surface area contributed by atoms with Crippen molar-refractivity contribution >= 4 is 11.3 Å². The molecule has 1 N–H and O–H groups in total. The maximum Gasteiger partial charge on any atom is 0.150 e. The maximum atomic E-state index is 4.63. The fourth-order valence-electron chi connectivity index (χ4n) is 3.48. The van der Waals surface area contributed by atoms with E-state index < -0.39 is 0 Å². The summed E-state index contributed by atoms with van der Waals surface area (Å²) >= 11 is 1.78. The van der Waals surface area contributed by atoms with Gasteiger partial charge in [0.05, 0.1) is 10.9 Å². The van der Waals surface area contributed by atoms with Gasteiger partial charge in [0.15, 0.2) is 0 Å². The molecule has 1 saturated carbocycles. The Morgan fingerprint density at radius 2 is 2.14 bits per heavy atom. The van der Waals surface area contributed by atoms with E-state index >= 15 is 0 Å². The number of nitrogens with one attached hydrogen (secondary N) is 1. The van der Waals surface area contributed by atoms with Gasteiger partial charge in [0.2, 0.25) is 0 Å². The second-order valence-corrected chi connectivity index (χ2v) is 6.81. The zero-order valence-electron chi connectivity index (χ0n) is 12.8. The Balaban J connectivity index is 1.90. The summed E-state index contributed by atoms with van der Waals surface area (Å²) in [6.07, 6.45) is 12.1. The van der Waals surface area contributed by atoms with Gasteiger partial charge in [-0.2, -0.15) is 0 Å². The molecule has 0 spiro atoms. The first-order valence-electron chi connectivity index (χ1n) is 8.20. The van der Waals surface area contributed by atoms with E-state index in [2.05, 4.69) is 45.5 Å². The van der Waals surface area contributed by atoms with E-state index in [1.54, 1.807) is 11.3 Å². The lowest BCUT2D eigenvalue weighted by Gasteiger charge is -2.32. The van der Waals surface area contributed by atoms with Crippen molar-refractivity contribution in [2.45, 2.75) is 57.5 Å². The van der Waals surface area contributed by atoms with Crippen molar-refractivity contribution in [3.8, 4) is 10.7 Å². The van der Waals surface area contributed by atoms with Gasteiger partial charge >= 0.3 is 0 Å². The molecule has 3 rings (SSSR count). The van der Waals surface area contributed by atoms with Crippen LogP contribution in [0.2, 0.25) is 0 Å². The van der Waals surface area contributed by atoms with Crippen LogP contribution in [-0.4, -0.2) is 22.1 Å². The Hall–Kier alpha value is -1.13.